The van der Waals surface area contributed by atoms with Gasteiger partial charge in [0, 0.05) is 19.3 Å². The summed E-state index contributed by atoms with van der Waals surface area (Å²) in [5.41, 5.74) is 0. The molecule has 0 saturated heterocycles. The van der Waals surface area contributed by atoms with Gasteiger partial charge in [-0.1, -0.05) is 289 Å². The summed E-state index contributed by atoms with van der Waals surface area (Å²) in [6, 6.07) is 0. The summed E-state index contributed by atoms with van der Waals surface area (Å²) in [4.78, 5) is 38.4. The fourth-order valence-corrected chi connectivity index (χ4v) is 9.07. The van der Waals surface area contributed by atoms with Crippen molar-refractivity contribution in [2.24, 2.45) is 0 Å². The fourth-order valence-electron chi connectivity index (χ4n) is 9.07. The molecule has 0 aliphatic heterocycles. The van der Waals surface area contributed by atoms with E-state index in [1.165, 1.54) is 122 Å². The van der Waals surface area contributed by atoms with E-state index in [2.05, 4.69) is 167 Å². The van der Waals surface area contributed by atoms with Crippen LogP contribution in [-0.2, 0) is 28.6 Å². The molecule has 0 fully saturated rings. The number of ether oxygens (including phenoxy) is 3. The minimum absolute atomic E-state index is 0.108. The van der Waals surface area contributed by atoms with E-state index >= 15 is 0 Å². The Kier molecular flexibility index (Phi) is 64.8. The number of carbonyl (C=O) groups excluding carboxylic acids is 3. The molecule has 0 saturated carbocycles. The van der Waals surface area contributed by atoms with Crippen molar-refractivity contribution in [3.63, 3.8) is 0 Å². The van der Waals surface area contributed by atoms with Crippen molar-refractivity contribution in [3.05, 3.63) is 146 Å². The smallest absolute Gasteiger partial charge is 0.306 e. The van der Waals surface area contributed by atoms with Crippen LogP contribution in [0.1, 0.15) is 297 Å². The Morgan fingerprint density at radius 2 is 0.488 bits per heavy atom. The second-order valence-corrected chi connectivity index (χ2v) is 22.0. The number of hydrogen-bond donors (Lipinski definition) is 0. The molecule has 1 atom stereocenters. The third-order valence-corrected chi connectivity index (χ3v) is 14.1. The largest absolute Gasteiger partial charge is 0.462 e. The molecule has 0 aromatic rings. The van der Waals surface area contributed by atoms with Crippen LogP contribution in [-0.4, -0.2) is 37.2 Å². The van der Waals surface area contributed by atoms with Gasteiger partial charge in [-0.25, -0.2) is 0 Å². The van der Waals surface area contributed by atoms with Gasteiger partial charge in [-0.2, -0.15) is 0 Å². The van der Waals surface area contributed by atoms with Gasteiger partial charge >= 0.3 is 17.9 Å². The number of rotatable bonds is 60. The monoisotopic (exact) mass is 1130 g/mol. The lowest BCUT2D eigenvalue weighted by Gasteiger charge is -2.18. The first-order valence-electron chi connectivity index (χ1n) is 33.8. The maximum absolute atomic E-state index is 12.9. The van der Waals surface area contributed by atoms with Crippen LogP contribution >= 0.6 is 0 Å². The van der Waals surface area contributed by atoms with Crippen LogP contribution in [0.4, 0.5) is 0 Å². The molecule has 0 aliphatic rings. The standard InChI is InChI=1S/C76H124O6/c1-4-7-10-13-16-19-22-25-28-31-32-33-34-35-36-37-38-39-40-41-42-43-44-46-48-51-54-57-60-63-66-69-75(78)81-72-73(71-80-74(77)68-65-62-59-56-53-50-47-30-27-24-21-18-15-12-9-6-3)82-76(79)70-67-64-61-58-55-52-49-45-29-26-23-20-17-14-11-8-5-2/h7-8,10-11,16-17,19-20,25-26,28-30,32-33,35-36,38-39,47,49,52,58,61,73H,4-6,9,12-15,18,21-24,27,31,34,37,40-46,48,50-51,53-57,59-60,62-72H2,1-3H3/b10-7-,11-8-,19-16-,20-17-,28-25-,29-26-,33-32-,36-35-,39-38-,47-30-,52-49-,61-58-. The van der Waals surface area contributed by atoms with E-state index in [4.69, 9.17) is 14.2 Å². The summed E-state index contributed by atoms with van der Waals surface area (Å²) in [5, 5.41) is 0. The van der Waals surface area contributed by atoms with Crippen molar-refractivity contribution in [3.8, 4) is 0 Å². The van der Waals surface area contributed by atoms with Crippen LogP contribution in [0.2, 0.25) is 0 Å². The number of esters is 3. The maximum atomic E-state index is 12.9. The second-order valence-electron chi connectivity index (χ2n) is 22.0. The summed E-state index contributed by atoms with van der Waals surface area (Å²) in [6.07, 6.45) is 98.7. The molecule has 1 unspecified atom stereocenters. The highest BCUT2D eigenvalue weighted by Gasteiger charge is 2.19. The normalized spacial score (nSPS) is 13.1. The van der Waals surface area contributed by atoms with Gasteiger partial charge in [0.2, 0.25) is 0 Å². The quantitative estimate of drug-likeness (QED) is 0.0261. The molecule has 0 radical (unpaired) electrons. The Hall–Kier alpha value is -4.71. The van der Waals surface area contributed by atoms with Gasteiger partial charge < -0.3 is 14.2 Å². The highest BCUT2D eigenvalue weighted by molar-refractivity contribution is 5.71. The van der Waals surface area contributed by atoms with Gasteiger partial charge in [0.1, 0.15) is 13.2 Å². The molecule has 0 aromatic carbocycles. The van der Waals surface area contributed by atoms with Gasteiger partial charge in [-0.3, -0.25) is 14.4 Å². The van der Waals surface area contributed by atoms with Crippen molar-refractivity contribution < 1.29 is 28.6 Å². The zero-order chi connectivity index (χ0) is 59.2. The van der Waals surface area contributed by atoms with Gasteiger partial charge in [0.15, 0.2) is 6.10 Å². The molecular formula is C76H124O6. The molecule has 0 aromatic heterocycles. The SMILES string of the molecule is CC/C=C\C/C=C\C/C=C\C/C=C\C/C=C\C/C=C\CCCCCCCCCCCCCCC(=O)OCC(COC(=O)CCCCCCC/C=C\CCCCCCCCC)OC(=O)CCC/C=C\C/C=C\C/C=C\C/C=C\C/C=C\CC. The summed E-state index contributed by atoms with van der Waals surface area (Å²) in [6.45, 7) is 6.37. The number of hydrogen-bond acceptors (Lipinski definition) is 6. The molecule has 0 N–H and O–H groups in total. The van der Waals surface area contributed by atoms with Crippen LogP contribution in [0.3, 0.4) is 0 Å². The third-order valence-electron chi connectivity index (χ3n) is 14.1. The Bertz CT molecular complexity index is 1780. The van der Waals surface area contributed by atoms with Crippen LogP contribution < -0.4 is 0 Å². The highest BCUT2D eigenvalue weighted by Crippen LogP contribution is 2.15. The number of allylic oxidation sites excluding steroid dienone is 24. The predicted molar refractivity (Wildman–Crippen MR) is 357 cm³/mol. The first-order valence-corrected chi connectivity index (χ1v) is 33.8. The van der Waals surface area contributed by atoms with E-state index in [0.29, 0.717) is 19.3 Å². The van der Waals surface area contributed by atoms with Crippen molar-refractivity contribution >= 4 is 17.9 Å². The molecule has 0 aliphatic carbocycles. The first kappa shape index (κ1) is 77.3. The van der Waals surface area contributed by atoms with Crippen LogP contribution in [0.25, 0.3) is 0 Å². The molecule has 0 heterocycles. The van der Waals surface area contributed by atoms with Crippen molar-refractivity contribution in [2.45, 2.75) is 303 Å². The number of carbonyl (C=O) groups is 3. The Morgan fingerprint density at radius 1 is 0.256 bits per heavy atom. The van der Waals surface area contributed by atoms with E-state index in [1.54, 1.807) is 0 Å². The van der Waals surface area contributed by atoms with Crippen molar-refractivity contribution in [1.29, 1.82) is 0 Å². The van der Waals surface area contributed by atoms with Gasteiger partial charge in [0.25, 0.3) is 0 Å². The molecule has 6 nitrogen and oxygen atoms in total. The lowest BCUT2D eigenvalue weighted by molar-refractivity contribution is -0.167. The molecule has 6 heteroatoms. The van der Waals surface area contributed by atoms with E-state index in [0.717, 1.165) is 128 Å². The Morgan fingerprint density at radius 3 is 0.793 bits per heavy atom. The fraction of sp³-hybridized carbons (Fsp3) is 0.645. The second kappa shape index (κ2) is 68.8. The van der Waals surface area contributed by atoms with Crippen LogP contribution in [0.15, 0.2) is 146 Å². The molecule has 464 valence electrons. The zero-order valence-electron chi connectivity index (χ0n) is 53.2. The molecule has 82 heavy (non-hydrogen) atoms. The lowest BCUT2D eigenvalue weighted by atomic mass is 10.0. The Labute approximate surface area is 506 Å². The highest BCUT2D eigenvalue weighted by atomic mass is 16.6. The summed E-state index contributed by atoms with van der Waals surface area (Å²) in [5.74, 6) is -0.973. The lowest BCUT2D eigenvalue weighted by Crippen LogP contribution is -2.30. The van der Waals surface area contributed by atoms with E-state index in [9.17, 15) is 14.4 Å². The van der Waals surface area contributed by atoms with Gasteiger partial charge in [-0.15, -0.1) is 0 Å². The van der Waals surface area contributed by atoms with Crippen LogP contribution in [0.5, 0.6) is 0 Å². The van der Waals surface area contributed by atoms with Crippen molar-refractivity contribution in [2.75, 3.05) is 13.2 Å². The van der Waals surface area contributed by atoms with Crippen LogP contribution in [0, 0.1) is 0 Å². The maximum Gasteiger partial charge on any atom is 0.306 e. The molecule has 0 bridgehead atoms. The number of unbranched alkanes of at least 4 members (excludes halogenated alkanes) is 25. The third kappa shape index (κ3) is 66.1. The van der Waals surface area contributed by atoms with Gasteiger partial charge in [-0.05, 0) is 135 Å². The predicted octanol–water partition coefficient (Wildman–Crippen LogP) is 23.5. The van der Waals surface area contributed by atoms with E-state index in [-0.39, 0.29) is 37.5 Å². The molecule has 0 amide bonds. The minimum Gasteiger partial charge on any atom is -0.462 e. The molecule has 0 rings (SSSR count). The Balaban J connectivity index is 4.36. The minimum atomic E-state index is -0.818. The average molecular weight is 1130 g/mol. The topological polar surface area (TPSA) is 78.9 Å². The van der Waals surface area contributed by atoms with Gasteiger partial charge in [0.05, 0.1) is 0 Å². The van der Waals surface area contributed by atoms with E-state index < -0.39 is 6.10 Å². The van der Waals surface area contributed by atoms with E-state index in [1.807, 2.05) is 0 Å². The summed E-state index contributed by atoms with van der Waals surface area (Å²) in [7, 11) is 0. The molecular weight excluding hydrogens is 1010 g/mol. The summed E-state index contributed by atoms with van der Waals surface area (Å²) >= 11 is 0. The first-order chi connectivity index (χ1) is 40.5. The zero-order valence-corrected chi connectivity index (χ0v) is 53.2. The summed E-state index contributed by atoms with van der Waals surface area (Å²) < 4.78 is 16.9. The van der Waals surface area contributed by atoms with Crippen molar-refractivity contribution in [1.82, 2.24) is 0 Å². The molecule has 0 spiro atoms. The average Bonchev–Trinajstić information content (AvgIpc) is 3.48.